The summed E-state index contributed by atoms with van der Waals surface area (Å²) in [7, 11) is 0. The lowest BCUT2D eigenvalue weighted by atomic mass is 10.2. The summed E-state index contributed by atoms with van der Waals surface area (Å²) in [5.41, 5.74) is 5.56. The number of rotatable bonds is 3. The highest BCUT2D eigenvalue weighted by atomic mass is 35.5. The minimum Gasteiger partial charge on any atom is -0.419 e. The van der Waals surface area contributed by atoms with Crippen molar-refractivity contribution in [2.24, 2.45) is 0 Å². The van der Waals surface area contributed by atoms with E-state index in [1.807, 2.05) is 0 Å². The lowest BCUT2D eigenvalue weighted by molar-refractivity contribution is -0.222. The number of hydrazine groups is 1. The smallest absolute Gasteiger partial charge is 0.350 e. The highest BCUT2D eigenvalue weighted by Crippen LogP contribution is 2.25. The molecule has 0 radical (unpaired) electrons. The van der Waals surface area contributed by atoms with E-state index in [0.29, 0.717) is 15.7 Å². The average molecular weight is 331 g/mol. The molecule has 112 valence electrons. The molecule has 0 unspecified atom stereocenters. The van der Waals surface area contributed by atoms with E-state index in [1.54, 1.807) is 18.2 Å². The maximum absolute atomic E-state index is 11.7. The standard InChI is InChI=1S/C13H12Cl2N2O4/c1-13(2)20-11(18)8(12(19)21-13)6-16-17-10-4-3-7(14)5-9(10)15/h3-6,16-17H,1-2H3. The Kier molecular flexibility index (Phi) is 4.29. The third-order valence-electron chi connectivity index (χ3n) is 2.47. The van der Waals surface area contributed by atoms with Gasteiger partial charge in [-0.15, -0.1) is 0 Å². The summed E-state index contributed by atoms with van der Waals surface area (Å²) in [5.74, 6) is -2.81. The summed E-state index contributed by atoms with van der Waals surface area (Å²) >= 11 is 11.7. The van der Waals surface area contributed by atoms with Crippen LogP contribution in [0.15, 0.2) is 30.0 Å². The van der Waals surface area contributed by atoms with Crippen LogP contribution in [-0.4, -0.2) is 17.7 Å². The largest absolute Gasteiger partial charge is 0.419 e. The Morgan fingerprint density at radius 1 is 1.14 bits per heavy atom. The molecule has 0 aromatic heterocycles. The van der Waals surface area contributed by atoms with Crippen molar-refractivity contribution in [3.8, 4) is 0 Å². The number of nitrogens with one attached hydrogen (secondary N) is 2. The molecular formula is C13H12Cl2N2O4. The van der Waals surface area contributed by atoms with Gasteiger partial charge < -0.3 is 14.9 Å². The molecule has 1 saturated heterocycles. The number of carbonyl (C=O) groups excluding carboxylic acids is 2. The van der Waals surface area contributed by atoms with Gasteiger partial charge in [0.2, 0.25) is 0 Å². The molecule has 2 rings (SSSR count). The fourth-order valence-corrected chi connectivity index (χ4v) is 2.01. The Bertz CT molecular complexity index is 607. The van der Waals surface area contributed by atoms with Gasteiger partial charge in [0.15, 0.2) is 5.57 Å². The van der Waals surface area contributed by atoms with Crippen molar-refractivity contribution in [3.05, 3.63) is 40.0 Å². The van der Waals surface area contributed by atoms with Gasteiger partial charge in [-0.1, -0.05) is 23.2 Å². The van der Waals surface area contributed by atoms with Gasteiger partial charge in [0.1, 0.15) is 0 Å². The SMILES string of the molecule is CC1(C)OC(=O)C(=CNNc2ccc(Cl)cc2Cl)C(=O)O1. The van der Waals surface area contributed by atoms with Gasteiger partial charge in [-0.2, -0.15) is 0 Å². The van der Waals surface area contributed by atoms with Crippen LogP contribution in [-0.2, 0) is 19.1 Å². The van der Waals surface area contributed by atoms with Crippen molar-refractivity contribution in [2.45, 2.75) is 19.6 Å². The summed E-state index contributed by atoms with van der Waals surface area (Å²) in [5, 5.41) is 0.869. The second-order valence-electron chi connectivity index (χ2n) is 4.63. The van der Waals surface area contributed by atoms with Gasteiger partial charge in [-0.25, -0.2) is 9.59 Å². The predicted molar refractivity (Wildman–Crippen MR) is 77.6 cm³/mol. The van der Waals surface area contributed by atoms with E-state index in [0.717, 1.165) is 6.20 Å². The highest BCUT2D eigenvalue weighted by Gasteiger charge is 2.38. The van der Waals surface area contributed by atoms with Crippen molar-refractivity contribution >= 4 is 40.8 Å². The quantitative estimate of drug-likeness (QED) is 0.384. The lowest BCUT2D eigenvalue weighted by Gasteiger charge is -2.29. The van der Waals surface area contributed by atoms with Gasteiger partial charge in [-0.3, -0.25) is 5.43 Å². The molecular weight excluding hydrogens is 319 g/mol. The predicted octanol–water partition coefficient (Wildman–Crippen LogP) is 2.63. The number of cyclic esters (lactones) is 2. The van der Waals surface area contributed by atoms with Gasteiger partial charge in [0.05, 0.1) is 10.7 Å². The van der Waals surface area contributed by atoms with Gasteiger partial charge >= 0.3 is 11.9 Å². The minimum absolute atomic E-state index is 0.257. The third-order valence-corrected chi connectivity index (χ3v) is 3.02. The van der Waals surface area contributed by atoms with E-state index >= 15 is 0 Å². The molecule has 8 heteroatoms. The monoisotopic (exact) mass is 330 g/mol. The van der Waals surface area contributed by atoms with E-state index in [4.69, 9.17) is 32.7 Å². The molecule has 1 heterocycles. The fraction of sp³-hybridized carbons (Fsp3) is 0.231. The Hall–Kier alpha value is -1.92. The third kappa shape index (κ3) is 3.80. The van der Waals surface area contributed by atoms with E-state index in [1.165, 1.54) is 13.8 Å². The summed E-state index contributed by atoms with van der Waals surface area (Å²) in [4.78, 5) is 23.3. The zero-order valence-corrected chi connectivity index (χ0v) is 12.7. The van der Waals surface area contributed by atoms with Crippen LogP contribution in [0.3, 0.4) is 0 Å². The van der Waals surface area contributed by atoms with Crippen molar-refractivity contribution in [1.82, 2.24) is 5.43 Å². The second-order valence-corrected chi connectivity index (χ2v) is 5.47. The number of carbonyl (C=O) groups is 2. The maximum atomic E-state index is 11.7. The Morgan fingerprint density at radius 3 is 2.33 bits per heavy atom. The van der Waals surface area contributed by atoms with Crippen molar-refractivity contribution in [3.63, 3.8) is 0 Å². The molecule has 1 aliphatic heterocycles. The zero-order valence-electron chi connectivity index (χ0n) is 11.2. The van der Waals surface area contributed by atoms with E-state index in [2.05, 4.69) is 10.9 Å². The molecule has 0 aliphatic carbocycles. The molecule has 0 atom stereocenters. The molecule has 1 aromatic rings. The highest BCUT2D eigenvalue weighted by molar-refractivity contribution is 6.36. The van der Waals surface area contributed by atoms with Crippen LogP contribution in [0, 0.1) is 0 Å². The lowest BCUT2D eigenvalue weighted by Crippen LogP contribution is -2.42. The fourth-order valence-electron chi connectivity index (χ4n) is 1.56. The van der Waals surface area contributed by atoms with Crippen molar-refractivity contribution in [1.29, 1.82) is 0 Å². The number of hydrogen-bond donors (Lipinski definition) is 2. The molecule has 2 N–H and O–H groups in total. The number of ether oxygens (including phenoxy) is 2. The number of anilines is 1. The number of hydrogen-bond acceptors (Lipinski definition) is 6. The van der Waals surface area contributed by atoms with Crippen LogP contribution in [0.5, 0.6) is 0 Å². The Morgan fingerprint density at radius 2 is 1.76 bits per heavy atom. The first-order chi connectivity index (χ1) is 9.78. The molecule has 0 bridgehead atoms. The van der Waals surface area contributed by atoms with Gasteiger partial charge in [-0.05, 0) is 18.2 Å². The summed E-state index contributed by atoms with van der Waals surface area (Å²) in [6.45, 7) is 2.94. The first-order valence-corrected chi connectivity index (χ1v) is 6.67. The Balaban J connectivity index is 2.04. The Labute approximate surface area is 131 Å². The molecule has 6 nitrogen and oxygen atoms in total. The summed E-state index contributed by atoms with van der Waals surface area (Å²) in [6, 6.07) is 4.82. The van der Waals surface area contributed by atoms with Crippen molar-refractivity contribution in [2.75, 3.05) is 5.43 Å². The molecule has 1 fully saturated rings. The van der Waals surface area contributed by atoms with Crippen LogP contribution in [0.2, 0.25) is 10.0 Å². The molecule has 1 aromatic carbocycles. The van der Waals surface area contributed by atoms with Crippen LogP contribution in [0.25, 0.3) is 0 Å². The molecule has 0 amide bonds. The van der Waals surface area contributed by atoms with Crippen LogP contribution >= 0.6 is 23.2 Å². The topological polar surface area (TPSA) is 76.7 Å². The van der Waals surface area contributed by atoms with Crippen LogP contribution in [0.1, 0.15) is 13.8 Å². The number of halogens is 2. The van der Waals surface area contributed by atoms with Gasteiger partial charge in [0, 0.05) is 25.1 Å². The first-order valence-electron chi connectivity index (χ1n) is 5.92. The van der Waals surface area contributed by atoms with E-state index in [-0.39, 0.29) is 5.57 Å². The normalized spacial score (nSPS) is 16.9. The average Bonchev–Trinajstić information content (AvgIpc) is 2.33. The van der Waals surface area contributed by atoms with Crippen LogP contribution < -0.4 is 10.9 Å². The van der Waals surface area contributed by atoms with E-state index in [9.17, 15) is 9.59 Å². The molecule has 1 aliphatic rings. The minimum atomic E-state index is -1.27. The zero-order chi connectivity index (χ0) is 15.6. The molecule has 0 spiro atoms. The molecule has 21 heavy (non-hydrogen) atoms. The second kappa shape index (κ2) is 5.83. The summed E-state index contributed by atoms with van der Waals surface area (Å²) in [6.07, 6.45) is 1.14. The van der Waals surface area contributed by atoms with Gasteiger partial charge in [0.25, 0.3) is 5.79 Å². The van der Waals surface area contributed by atoms with E-state index < -0.39 is 17.7 Å². The number of benzene rings is 1. The molecule has 0 saturated carbocycles. The summed E-state index contributed by atoms with van der Waals surface area (Å²) < 4.78 is 9.87. The van der Waals surface area contributed by atoms with Crippen LogP contribution in [0.4, 0.5) is 5.69 Å². The van der Waals surface area contributed by atoms with Crippen molar-refractivity contribution < 1.29 is 19.1 Å². The number of esters is 2. The first kappa shape index (κ1) is 15.5. The maximum Gasteiger partial charge on any atom is 0.350 e.